The van der Waals surface area contributed by atoms with Gasteiger partial charge in [0.1, 0.15) is 11.4 Å². The average molecular weight is 443 g/mol. The number of phenols is 1. The van der Waals surface area contributed by atoms with E-state index in [2.05, 4.69) is 63.7 Å². The SMILES string of the molecule is CC(C)C#Cc1cc(N2CCN(c3cc(-c4ccccc4O)nnc3N)CCC2C)ccn1. The van der Waals surface area contributed by atoms with Gasteiger partial charge >= 0.3 is 0 Å². The van der Waals surface area contributed by atoms with E-state index in [9.17, 15) is 5.11 Å². The minimum atomic E-state index is 0.173. The first kappa shape index (κ1) is 22.4. The molecule has 170 valence electrons. The van der Waals surface area contributed by atoms with Crippen LogP contribution >= 0.6 is 0 Å². The number of nitrogens with zero attached hydrogens (tertiary/aromatic N) is 5. The van der Waals surface area contributed by atoms with Crippen molar-refractivity contribution in [1.29, 1.82) is 0 Å². The minimum Gasteiger partial charge on any atom is -0.507 e. The fourth-order valence-corrected chi connectivity index (χ4v) is 4.03. The Labute approximate surface area is 195 Å². The zero-order valence-corrected chi connectivity index (χ0v) is 19.4. The summed E-state index contributed by atoms with van der Waals surface area (Å²) < 4.78 is 0. The molecule has 33 heavy (non-hydrogen) atoms. The normalized spacial score (nSPS) is 16.3. The van der Waals surface area contributed by atoms with Gasteiger partial charge in [0.2, 0.25) is 0 Å². The van der Waals surface area contributed by atoms with Crippen molar-refractivity contribution in [2.75, 3.05) is 35.2 Å². The predicted molar refractivity (Wildman–Crippen MR) is 133 cm³/mol. The number of anilines is 3. The Morgan fingerprint density at radius 1 is 1.09 bits per heavy atom. The van der Waals surface area contributed by atoms with Crippen LogP contribution in [0.1, 0.15) is 32.9 Å². The first-order valence-electron chi connectivity index (χ1n) is 11.3. The number of pyridine rings is 1. The van der Waals surface area contributed by atoms with Crippen molar-refractivity contribution < 1.29 is 5.11 Å². The zero-order valence-electron chi connectivity index (χ0n) is 19.4. The van der Waals surface area contributed by atoms with Gasteiger partial charge in [-0.05, 0) is 49.6 Å². The van der Waals surface area contributed by atoms with Crippen LogP contribution in [0.15, 0.2) is 48.7 Å². The molecular formula is C26H30N6O. The summed E-state index contributed by atoms with van der Waals surface area (Å²) in [4.78, 5) is 9.07. The summed E-state index contributed by atoms with van der Waals surface area (Å²) in [5, 5.41) is 18.6. The molecule has 1 aromatic carbocycles. The van der Waals surface area contributed by atoms with Gasteiger partial charge in [-0.1, -0.05) is 31.9 Å². The van der Waals surface area contributed by atoms with Crippen LogP contribution in [0.5, 0.6) is 5.75 Å². The Balaban J connectivity index is 1.57. The molecule has 0 radical (unpaired) electrons. The van der Waals surface area contributed by atoms with Crippen LogP contribution in [0, 0.1) is 17.8 Å². The number of nitrogens with two attached hydrogens (primary N) is 1. The number of nitrogen functional groups attached to an aromatic ring is 1. The topological polar surface area (TPSA) is 91.4 Å². The Hall–Kier alpha value is -3.79. The van der Waals surface area contributed by atoms with Crippen LogP contribution in [0.25, 0.3) is 11.3 Å². The first-order chi connectivity index (χ1) is 15.9. The smallest absolute Gasteiger partial charge is 0.169 e. The molecule has 4 rings (SSSR count). The molecule has 1 fully saturated rings. The van der Waals surface area contributed by atoms with Crippen LogP contribution in [-0.2, 0) is 0 Å². The van der Waals surface area contributed by atoms with E-state index >= 15 is 0 Å². The van der Waals surface area contributed by atoms with E-state index in [1.54, 1.807) is 12.1 Å². The standard InChI is InChI=1S/C26H30N6O/c1-18(2)8-9-20-16-21(10-12-28-20)32-15-14-31(13-11-19(32)3)24-17-23(29-30-26(24)27)22-6-4-5-7-25(22)33/h4-7,10,12,16-19,33H,11,13-15H2,1-3H3,(H2,27,30). The zero-order chi connectivity index (χ0) is 23.4. The van der Waals surface area contributed by atoms with Crippen molar-refractivity contribution >= 4 is 17.2 Å². The van der Waals surface area contributed by atoms with Crippen molar-refractivity contribution in [3.8, 4) is 28.8 Å². The first-order valence-corrected chi connectivity index (χ1v) is 11.3. The number of para-hydroxylation sites is 1. The van der Waals surface area contributed by atoms with Crippen molar-refractivity contribution in [2.24, 2.45) is 5.92 Å². The van der Waals surface area contributed by atoms with Gasteiger partial charge in [0.25, 0.3) is 0 Å². The molecule has 1 aliphatic rings. The molecule has 1 unspecified atom stereocenters. The molecule has 7 heteroatoms. The van der Waals surface area contributed by atoms with Crippen molar-refractivity contribution in [1.82, 2.24) is 15.2 Å². The Kier molecular flexibility index (Phi) is 6.64. The fraction of sp³-hybridized carbons (Fsp3) is 0.346. The molecule has 1 aliphatic heterocycles. The lowest BCUT2D eigenvalue weighted by atomic mass is 10.1. The van der Waals surface area contributed by atoms with E-state index in [1.807, 2.05) is 30.5 Å². The molecule has 0 aliphatic carbocycles. The monoisotopic (exact) mass is 442 g/mol. The largest absolute Gasteiger partial charge is 0.507 e. The highest BCUT2D eigenvalue weighted by molar-refractivity contribution is 5.74. The molecule has 1 atom stereocenters. The van der Waals surface area contributed by atoms with Gasteiger partial charge < -0.3 is 20.6 Å². The minimum absolute atomic E-state index is 0.173. The maximum Gasteiger partial charge on any atom is 0.169 e. The highest BCUT2D eigenvalue weighted by atomic mass is 16.3. The number of aromatic hydroxyl groups is 1. The number of hydrogen-bond acceptors (Lipinski definition) is 7. The molecule has 3 N–H and O–H groups in total. The number of aromatic nitrogens is 3. The van der Waals surface area contributed by atoms with Crippen LogP contribution in [-0.4, -0.2) is 46.0 Å². The second kappa shape index (κ2) is 9.78. The van der Waals surface area contributed by atoms with Crippen LogP contribution in [0.2, 0.25) is 0 Å². The summed E-state index contributed by atoms with van der Waals surface area (Å²) in [7, 11) is 0. The lowest BCUT2D eigenvalue weighted by Gasteiger charge is -2.29. The van der Waals surface area contributed by atoms with Gasteiger partial charge in [-0.15, -0.1) is 10.2 Å². The quantitative estimate of drug-likeness (QED) is 0.594. The maximum absolute atomic E-state index is 10.2. The van der Waals surface area contributed by atoms with Gasteiger partial charge in [0.15, 0.2) is 5.82 Å². The highest BCUT2D eigenvalue weighted by Crippen LogP contribution is 2.32. The van der Waals surface area contributed by atoms with Gasteiger partial charge in [-0.2, -0.15) is 0 Å². The lowest BCUT2D eigenvalue weighted by molar-refractivity contribution is 0.477. The molecular weight excluding hydrogens is 412 g/mol. The maximum atomic E-state index is 10.2. The van der Waals surface area contributed by atoms with Crippen LogP contribution in [0.3, 0.4) is 0 Å². The third-order valence-electron chi connectivity index (χ3n) is 5.85. The third kappa shape index (κ3) is 5.17. The van der Waals surface area contributed by atoms with E-state index in [-0.39, 0.29) is 5.75 Å². The summed E-state index contributed by atoms with van der Waals surface area (Å²) in [6.45, 7) is 8.86. The number of rotatable bonds is 3. The van der Waals surface area contributed by atoms with E-state index < -0.39 is 0 Å². The molecule has 3 aromatic rings. The average Bonchev–Trinajstić information content (AvgIpc) is 3.00. The molecule has 0 saturated carbocycles. The van der Waals surface area contributed by atoms with Crippen molar-refractivity contribution in [2.45, 2.75) is 33.2 Å². The van der Waals surface area contributed by atoms with E-state index in [0.717, 1.165) is 43.1 Å². The molecule has 0 spiro atoms. The Morgan fingerprint density at radius 2 is 1.91 bits per heavy atom. The summed E-state index contributed by atoms with van der Waals surface area (Å²) in [5.74, 6) is 7.24. The van der Waals surface area contributed by atoms with E-state index in [0.29, 0.717) is 29.0 Å². The molecule has 1 saturated heterocycles. The molecule has 3 heterocycles. The predicted octanol–water partition coefficient (Wildman–Crippen LogP) is 3.94. The summed E-state index contributed by atoms with van der Waals surface area (Å²) in [5.41, 5.74) is 10.2. The number of hydrogen-bond donors (Lipinski definition) is 2. The van der Waals surface area contributed by atoms with Gasteiger partial charge in [0, 0.05) is 49.0 Å². The van der Waals surface area contributed by atoms with Gasteiger partial charge in [-0.3, -0.25) is 0 Å². The Morgan fingerprint density at radius 3 is 2.70 bits per heavy atom. The van der Waals surface area contributed by atoms with Crippen LogP contribution < -0.4 is 15.5 Å². The summed E-state index contributed by atoms with van der Waals surface area (Å²) in [6.07, 6.45) is 2.79. The molecule has 7 nitrogen and oxygen atoms in total. The summed E-state index contributed by atoms with van der Waals surface area (Å²) >= 11 is 0. The second-order valence-electron chi connectivity index (χ2n) is 8.66. The molecule has 0 bridgehead atoms. The van der Waals surface area contributed by atoms with Crippen molar-refractivity contribution in [3.05, 3.63) is 54.4 Å². The Bertz CT molecular complexity index is 1180. The summed E-state index contributed by atoms with van der Waals surface area (Å²) in [6, 6.07) is 13.5. The highest BCUT2D eigenvalue weighted by Gasteiger charge is 2.24. The third-order valence-corrected chi connectivity index (χ3v) is 5.85. The lowest BCUT2D eigenvalue weighted by Crippen LogP contribution is -2.35. The fourth-order valence-electron chi connectivity index (χ4n) is 4.03. The van der Waals surface area contributed by atoms with Crippen molar-refractivity contribution in [3.63, 3.8) is 0 Å². The molecule has 2 aromatic heterocycles. The van der Waals surface area contributed by atoms with Gasteiger partial charge in [0.05, 0.1) is 11.4 Å². The van der Waals surface area contributed by atoms with Crippen LogP contribution in [0.4, 0.5) is 17.2 Å². The number of phenolic OH excluding ortho intramolecular Hbond substituents is 1. The van der Waals surface area contributed by atoms with Gasteiger partial charge in [-0.25, -0.2) is 4.98 Å². The van der Waals surface area contributed by atoms with E-state index in [4.69, 9.17) is 5.73 Å². The second-order valence-corrected chi connectivity index (χ2v) is 8.66. The molecule has 0 amide bonds. The number of benzene rings is 1. The van der Waals surface area contributed by atoms with E-state index in [1.165, 1.54) is 0 Å².